The number of carbonyl (C=O) groups is 1. The van der Waals surface area contributed by atoms with Gasteiger partial charge in [0.15, 0.2) is 0 Å². The summed E-state index contributed by atoms with van der Waals surface area (Å²) in [5.41, 5.74) is 0. The van der Waals surface area contributed by atoms with Crippen LogP contribution in [-0.2, 0) is 4.79 Å². The molecular weight excluding hydrogens is 310 g/mol. The van der Waals surface area contributed by atoms with Crippen molar-refractivity contribution in [1.82, 2.24) is 15.1 Å². The largest absolute Gasteiger partial charge is 0.420 e. The second-order valence-corrected chi connectivity index (χ2v) is 7.48. The molecule has 0 unspecified atom stereocenters. The van der Waals surface area contributed by atoms with Crippen LogP contribution in [-0.4, -0.2) is 34.1 Å². The highest BCUT2D eigenvalue weighted by molar-refractivity contribution is 7.13. The zero-order valence-corrected chi connectivity index (χ0v) is 13.9. The molecule has 1 aliphatic heterocycles. The molecule has 1 saturated carbocycles. The van der Waals surface area contributed by atoms with E-state index in [2.05, 4.69) is 10.2 Å². The first-order chi connectivity index (χ1) is 11.3. The summed E-state index contributed by atoms with van der Waals surface area (Å²) in [4.78, 5) is 15.7. The van der Waals surface area contributed by atoms with Crippen molar-refractivity contribution in [1.29, 1.82) is 0 Å². The Balaban J connectivity index is 1.46. The Labute approximate surface area is 139 Å². The van der Waals surface area contributed by atoms with Crippen LogP contribution in [0.15, 0.2) is 21.9 Å². The topological polar surface area (TPSA) is 59.2 Å². The Kier molecular flexibility index (Phi) is 4.16. The van der Waals surface area contributed by atoms with E-state index in [9.17, 15) is 4.79 Å². The summed E-state index contributed by atoms with van der Waals surface area (Å²) in [5.74, 6) is 2.03. The van der Waals surface area contributed by atoms with Crippen molar-refractivity contribution in [3.63, 3.8) is 0 Å². The summed E-state index contributed by atoms with van der Waals surface area (Å²) < 4.78 is 5.87. The van der Waals surface area contributed by atoms with Crippen LogP contribution in [0.3, 0.4) is 0 Å². The minimum absolute atomic E-state index is 0.176. The predicted molar refractivity (Wildman–Crippen MR) is 88.1 cm³/mol. The lowest BCUT2D eigenvalue weighted by Crippen LogP contribution is -2.41. The van der Waals surface area contributed by atoms with E-state index in [1.165, 1.54) is 12.8 Å². The average molecular weight is 331 g/mol. The van der Waals surface area contributed by atoms with Crippen LogP contribution >= 0.6 is 11.3 Å². The number of hydrogen-bond acceptors (Lipinski definition) is 5. The SMILES string of the molecule is O=C(C1CCCC1)N1CCC[C@H](c2nnc(-c3cccs3)o2)C1. The fourth-order valence-corrected chi connectivity index (χ4v) is 4.35. The third-order valence-electron chi connectivity index (χ3n) is 4.96. The van der Waals surface area contributed by atoms with Crippen LogP contribution < -0.4 is 0 Å². The molecule has 2 aliphatic rings. The first kappa shape index (κ1) is 14.9. The molecule has 122 valence electrons. The normalized spacial score (nSPS) is 22.6. The number of rotatable bonds is 3. The fourth-order valence-electron chi connectivity index (χ4n) is 3.71. The summed E-state index contributed by atoms with van der Waals surface area (Å²) in [5, 5.41) is 10.4. The Morgan fingerprint density at radius 3 is 2.87 bits per heavy atom. The fraction of sp³-hybridized carbons (Fsp3) is 0.588. The van der Waals surface area contributed by atoms with Crippen molar-refractivity contribution in [3.8, 4) is 10.8 Å². The van der Waals surface area contributed by atoms with Crippen LogP contribution in [0.25, 0.3) is 10.8 Å². The van der Waals surface area contributed by atoms with Gasteiger partial charge >= 0.3 is 0 Å². The molecule has 0 bridgehead atoms. The van der Waals surface area contributed by atoms with Gasteiger partial charge in [-0.15, -0.1) is 21.5 Å². The molecule has 2 fully saturated rings. The lowest BCUT2D eigenvalue weighted by Gasteiger charge is -2.32. The Morgan fingerprint density at radius 2 is 2.09 bits per heavy atom. The van der Waals surface area contributed by atoms with Gasteiger partial charge in [0.25, 0.3) is 5.89 Å². The minimum Gasteiger partial charge on any atom is -0.420 e. The monoisotopic (exact) mass is 331 g/mol. The highest BCUT2D eigenvalue weighted by atomic mass is 32.1. The maximum atomic E-state index is 12.6. The number of nitrogens with zero attached hydrogens (tertiary/aromatic N) is 3. The molecule has 1 atom stereocenters. The molecule has 2 aromatic rings. The molecule has 23 heavy (non-hydrogen) atoms. The smallest absolute Gasteiger partial charge is 0.257 e. The van der Waals surface area contributed by atoms with Crippen LogP contribution in [0.2, 0.25) is 0 Å². The van der Waals surface area contributed by atoms with Crippen LogP contribution in [0, 0.1) is 5.92 Å². The highest BCUT2D eigenvalue weighted by Gasteiger charge is 2.32. The third-order valence-corrected chi connectivity index (χ3v) is 5.82. The summed E-state index contributed by atoms with van der Waals surface area (Å²) in [7, 11) is 0. The van der Waals surface area contributed by atoms with Gasteiger partial charge in [-0.2, -0.15) is 0 Å². The van der Waals surface area contributed by atoms with E-state index in [-0.39, 0.29) is 11.8 Å². The maximum absolute atomic E-state index is 12.6. The molecule has 0 spiro atoms. The first-order valence-corrected chi connectivity index (χ1v) is 9.35. The molecule has 5 nitrogen and oxygen atoms in total. The second-order valence-electron chi connectivity index (χ2n) is 6.53. The van der Waals surface area contributed by atoms with Gasteiger partial charge in [0.1, 0.15) is 0 Å². The molecular formula is C17H21N3O2S. The quantitative estimate of drug-likeness (QED) is 0.860. The van der Waals surface area contributed by atoms with Crippen molar-refractivity contribution in [2.45, 2.75) is 44.4 Å². The van der Waals surface area contributed by atoms with Crippen molar-refractivity contribution in [2.24, 2.45) is 5.92 Å². The molecule has 1 saturated heterocycles. The maximum Gasteiger partial charge on any atom is 0.257 e. The molecule has 6 heteroatoms. The number of amides is 1. The van der Waals surface area contributed by atoms with Crippen LogP contribution in [0.1, 0.15) is 50.3 Å². The molecule has 3 heterocycles. The second kappa shape index (κ2) is 6.43. The lowest BCUT2D eigenvalue weighted by atomic mass is 9.96. The van der Waals surface area contributed by atoms with Gasteiger partial charge in [-0.3, -0.25) is 4.79 Å². The highest BCUT2D eigenvalue weighted by Crippen LogP contribution is 2.32. The molecule has 1 amide bonds. The number of hydrogen-bond donors (Lipinski definition) is 0. The summed E-state index contributed by atoms with van der Waals surface area (Å²) >= 11 is 1.60. The molecule has 0 radical (unpaired) electrons. The molecule has 2 aromatic heterocycles. The van der Waals surface area contributed by atoms with Crippen LogP contribution in [0.4, 0.5) is 0 Å². The van der Waals surface area contributed by atoms with Gasteiger partial charge in [-0.1, -0.05) is 18.9 Å². The van der Waals surface area contributed by atoms with E-state index in [0.717, 1.165) is 43.6 Å². The number of likely N-dealkylation sites (tertiary alicyclic amines) is 1. The van der Waals surface area contributed by atoms with Gasteiger partial charge in [-0.05, 0) is 37.1 Å². The zero-order chi connectivity index (χ0) is 15.6. The van der Waals surface area contributed by atoms with E-state index in [1.54, 1.807) is 11.3 Å². The Hall–Kier alpha value is -1.69. The van der Waals surface area contributed by atoms with Gasteiger partial charge < -0.3 is 9.32 Å². The molecule has 0 aromatic carbocycles. The van der Waals surface area contributed by atoms with Crippen LogP contribution in [0.5, 0.6) is 0 Å². The van der Waals surface area contributed by atoms with E-state index in [0.29, 0.717) is 17.7 Å². The van der Waals surface area contributed by atoms with Gasteiger partial charge in [-0.25, -0.2) is 0 Å². The Bertz CT molecular complexity index is 661. The van der Waals surface area contributed by atoms with E-state index in [4.69, 9.17) is 4.42 Å². The van der Waals surface area contributed by atoms with Crippen molar-refractivity contribution < 1.29 is 9.21 Å². The number of thiophene rings is 1. The van der Waals surface area contributed by atoms with Crippen molar-refractivity contribution in [3.05, 3.63) is 23.4 Å². The van der Waals surface area contributed by atoms with Gasteiger partial charge in [0, 0.05) is 19.0 Å². The van der Waals surface area contributed by atoms with Crippen molar-refractivity contribution in [2.75, 3.05) is 13.1 Å². The Morgan fingerprint density at radius 1 is 1.22 bits per heavy atom. The molecule has 0 N–H and O–H groups in total. The number of carbonyl (C=O) groups excluding carboxylic acids is 1. The van der Waals surface area contributed by atoms with Gasteiger partial charge in [0.05, 0.1) is 10.8 Å². The standard InChI is InChI=1S/C17H21N3O2S/c21-17(12-5-1-2-6-12)20-9-3-7-13(11-20)15-18-19-16(22-15)14-8-4-10-23-14/h4,8,10,12-13H,1-3,5-7,9,11H2/t13-/m0/s1. The number of aromatic nitrogens is 2. The molecule has 1 aliphatic carbocycles. The van der Waals surface area contributed by atoms with Gasteiger partial charge in [0.2, 0.25) is 11.8 Å². The van der Waals surface area contributed by atoms with E-state index < -0.39 is 0 Å². The summed E-state index contributed by atoms with van der Waals surface area (Å²) in [6.45, 7) is 1.60. The average Bonchev–Trinajstić information content (AvgIpc) is 3.36. The first-order valence-electron chi connectivity index (χ1n) is 8.47. The molecule has 4 rings (SSSR count). The third kappa shape index (κ3) is 3.04. The predicted octanol–water partition coefficient (Wildman–Crippen LogP) is 3.69. The van der Waals surface area contributed by atoms with E-state index >= 15 is 0 Å². The van der Waals surface area contributed by atoms with E-state index in [1.807, 2.05) is 22.4 Å². The lowest BCUT2D eigenvalue weighted by molar-refractivity contribution is -0.136. The summed E-state index contributed by atoms with van der Waals surface area (Å²) in [6.07, 6.45) is 6.54. The minimum atomic E-state index is 0.176. The van der Waals surface area contributed by atoms with Crippen molar-refractivity contribution >= 4 is 17.2 Å². The number of piperidine rings is 1. The zero-order valence-electron chi connectivity index (χ0n) is 13.1. The summed E-state index contributed by atoms with van der Waals surface area (Å²) in [6, 6.07) is 3.96.